The van der Waals surface area contributed by atoms with Crippen molar-refractivity contribution in [2.45, 2.75) is 0 Å². The molecular formula is C2H8NO4P. The molecule has 0 heterocycles. The zero-order valence-electron chi connectivity index (χ0n) is 4.38. The van der Waals surface area contributed by atoms with Crippen molar-refractivity contribution in [3.8, 4) is 0 Å². The summed E-state index contributed by atoms with van der Waals surface area (Å²) in [5.74, 6) is 0. The summed E-state index contributed by atoms with van der Waals surface area (Å²) in [5, 5.41) is 10.2. The zero-order chi connectivity index (χ0) is 6.41. The largest absolute Gasteiger partial charge is 0.347 e. The Balaban J connectivity index is 2.99. The highest BCUT2D eigenvalue weighted by atomic mass is 31.1. The van der Waals surface area contributed by atoms with Crippen LogP contribution < -0.4 is 5.32 Å². The molecule has 0 rings (SSSR count). The Hall–Kier alpha value is 0.0700. The van der Waals surface area contributed by atoms with Gasteiger partial charge < -0.3 is 0 Å². The molecule has 0 bridgehead atoms. The smallest absolute Gasteiger partial charge is 0.297 e. The van der Waals surface area contributed by atoms with Gasteiger partial charge in [-0.05, 0) is 7.05 Å². The molecular weight excluding hydrogens is 133 g/mol. The van der Waals surface area contributed by atoms with Crippen LogP contribution in [0.5, 0.6) is 0 Å². The van der Waals surface area contributed by atoms with E-state index < -0.39 is 8.25 Å². The maximum absolute atomic E-state index is 10.0. The van der Waals surface area contributed by atoms with Crippen LogP contribution in [0.4, 0.5) is 0 Å². The standard InChI is InChI=1S/C2H8NO4P/c1-3-2-6-8(5)7-4/h3-4,8H,2H2,1H3. The summed E-state index contributed by atoms with van der Waals surface area (Å²) in [5.41, 5.74) is 0. The van der Waals surface area contributed by atoms with Gasteiger partial charge in [-0.15, -0.1) is 0 Å². The van der Waals surface area contributed by atoms with E-state index >= 15 is 0 Å². The third-order valence-electron chi connectivity index (χ3n) is 0.409. The van der Waals surface area contributed by atoms with E-state index in [2.05, 4.69) is 14.5 Å². The van der Waals surface area contributed by atoms with Crippen molar-refractivity contribution in [1.29, 1.82) is 0 Å². The fraction of sp³-hybridized carbons (Fsp3) is 1.00. The Morgan fingerprint density at radius 3 is 2.88 bits per heavy atom. The Labute approximate surface area is 47.5 Å². The van der Waals surface area contributed by atoms with Gasteiger partial charge >= 0.3 is 8.25 Å². The molecule has 0 saturated carbocycles. The molecule has 0 spiro atoms. The molecule has 0 aliphatic heterocycles. The van der Waals surface area contributed by atoms with Gasteiger partial charge in [0.15, 0.2) is 0 Å². The van der Waals surface area contributed by atoms with E-state index in [0.29, 0.717) is 0 Å². The Morgan fingerprint density at radius 2 is 2.50 bits per heavy atom. The summed E-state index contributed by atoms with van der Waals surface area (Å²) >= 11 is 0. The summed E-state index contributed by atoms with van der Waals surface area (Å²) in [4.78, 5) is 0. The molecule has 8 heavy (non-hydrogen) atoms. The molecule has 0 radical (unpaired) electrons. The van der Waals surface area contributed by atoms with Crippen molar-refractivity contribution in [3.05, 3.63) is 0 Å². The summed E-state index contributed by atoms with van der Waals surface area (Å²) in [6.45, 7) is 0.109. The van der Waals surface area contributed by atoms with Gasteiger partial charge in [0, 0.05) is 0 Å². The lowest BCUT2D eigenvalue weighted by molar-refractivity contribution is -0.142. The van der Waals surface area contributed by atoms with Gasteiger partial charge in [-0.1, -0.05) is 0 Å². The van der Waals surface area contributed by atoms with Crippen molar-refractivity contribution < 1.29 is 19.0 Å². The van der Waals surface area contributed by atoms with Crippen molar-refractivity contribution in [2.24, 2.45) is 0 Å². The van der Waals surface area contributed by atoms with Gasteiger partial charge in [0.25, 0.3) is 0 Å². The maximum atomic E-state index is 10.0. The van der Waals surface area contributed by atoms with E-state index in [-0.39, 0.29) is 6.73 Å². The molecule has 5 nitrogen and oxygen atoms in total. The first kappa shape index (κ1) is 8.07. The highest BCUT2D eigenvalue weighted by Crippen LogP contribution is 2.19. The molecule has 0 aliphatic carbocycles. The SMILES string of the molecule is CNCO[PH](=O)OO. The van der Waals surface area contributed by atoms with E-state index in [1.54, 1.807) is 7.05 Å². The number of rotatable bonds is 4. The van der Waals surface area contributed by atoms with E-state index in [9.17, 15) is 4.57 Å². The lowest BCUT2D eigenvalue weighted by atomic mass is 11.2. The lowest BCUT2D eigenvalue weighted by Crippen LogP contribution is -2.07. The van der Waals surface area contributed by atoms with E-state index in [1.165, 1.54) is 0 Å². The summed E-state index contributed by atoms with van der Waals surface area (Å²) in [6, 6.07) is 0. The van der Waals surface area contributed by atoms with Gasteiger partial charge in [0.05, 0.1) is 0 Å². The zero-order valence-corrected chi connectivity index (χ0v) is 5.38. The molecule has 0 fully saturated rings. The van der Waals surface area contributed by atoms with Crippen LogP contribution in [0.1, 0.15) is 0 Å². The number of hydrogen-bond acceptors (Lipinski definition) is 5. The topological polar surface area (TPSA) is 67.8 Å². The predicted molar refractivity (Wildman–Crippen MR) is 27.7 cm³/mol. The summed E-state index contributed by atoms with van der Waals surface area (Å²) in [7, 11) is -1.03. The van der Waals surface area contributed by atoms with Crippen LogP contribution in [0.15, 0.2) is 0 Å². The third kappa shape index (κ3) is 4.23. The maximum Gasteiger partial charge on any atom is 0.347 e. The Bertz CT molecular complexity index is 76.4. The van der Waals surface area contributed by atoms with Crippen LogP contribution in [0.3, 0.4) is 0 Å². The second-order valence-corrected chi connectivity index (χ2v) is 1.95. The minimum absolute atomic E-state index is 0.109. The van der Waals surface area contributed by atoms with E-state index in [4.69, 9.17) is 5.26 Å². The third-order valence-corrected chi connectivity index (χ3v) is 0.938. The van der Waals surface area contributed by atoms with Gasteiger partial charge in [0.1, 0.15) is 6.73 Å². The monoisotopic (exact) mass is 141 g/mol. The fourth-order valence-corrected chi connectivity index (χ4v) is 0.472. The first-order valence-electron chi connectivity index (χ1n) is 1.94. The molecule has 0 amide bonds. The second kappa shape index (κ2) is 5.21. The minimum Gasteiger partial charge on any atom is -0.297 e. The van der Waals surface area contributed by atoms with Crippen LogP contribution in [0.25, 0.3) is 0 Å². The molecule has 2 N–H and O–H groups in total. The number of hydrogen-bond donors (Lipinski definition) is 2. The molecule has 0 aliphatic rings. The van der Waals surface area contributed by atoms with Gasteiger partial charge in [0.2, 0.25) is 0 Å². The Morgan fingerprint density at radius 1 is 1.88 bits per heavy atom. The van der Waals surface area contributed by atoms with Gasteiger partial charge in [-0.3, -0.25) is 14.4 Å². The lowest BCUT2D eigenvalue weighted by Gasteiger charge is -1.96. The van der Waals surface area contributed by atoms with E-state index in [0.717, 1.165) is 0 Å². The van der Waals surface area contributed by atoms with Crippen LogP contribution >= 0.6 is 8.25 Å². The molecule has 6 heteroatoms. The van der Waals surface area contributed by atoms with E-state index in [1.807, 2.05) is 0 Å². The molecule has 0 aromatic heterocycles. The predicted octanol–water partition coefficient (Wildman–Crippen LogP) is 0.0592. The van der Waals surface area contributed by atoms with Crippen LogP contribution in [-0.2, 0) is 13.8 Å². The molecule has 50 valence electrons. The van der Waals surface area contributed by atoms with Crippen LogP contribution in [-0.4, -0.2) is 19.0 Å². The highest BCUT2D eigenvalue weighted by Gasteiger charge is 1.92. The highest BCUT2D eigenvalue weighted by molar-refractivity contribution is 7.33. The molecule has 0 aromatic carbocycles. The van der Waals surface area contributed by atoms with Crippen molar-refractivity contribution in [2.75, 3.05) is 13.8 Å². The second-order valence-electron chi connectivity index (χ2n) is 0.984. The quantitative estimate of drug-likeness (QED) is 0.251. The summed E-state index contributed by atoms with van der Waals surface area (Å²) < 4.78 is 17.7. The molecule has 0 saturated heterocycles. The van der Waals surface area contributed by atoms with Gasteiger partial charge in [-0.2, -0.15) is 4.67 Å². The van der Waals surface area contributed by atoms with Crippen LogP contribution in [0, 0.1) is 0 Å². The molecule has 1 unspecified atom stereocenters. The molecule has 0 aromatic rings. The van der Waals surface area contributed by atoms with Crippen molar-refractivity contribution in [1.82, 2.24) is 5.32 Å². The summed E-state index contributed by atoms with van der Waals surface area (Å²) in [6.07, 6.45) is 0. The average molecular weight is 141 g/mol. The van der Waals surface area contributed by atoms with Crippen LogP contribution in [0.2, 0.25) is 0 Å². The molecule has 1 atom stereocenters. The number of nitrogens with one attached hydrogen (secondary N) is 1. The minimum atomic E-state index is -2.65. The van der Waals surface area contributed by atoms with Crippen molar-refractivity contribution in [3.63, 3.8) is 0 Å². The average Bonchev–Trinajstić information content (AvgIpc) is 1.83. The first-order valence-corrected chi connectivity index (χ1v) is 3.16. The Kier molecular flexibility index (Phi) is 5.26. The first-order chi connectivity index (χ1) is 3.81. The van der Waals surface area contributed by atoms with Gasteiger partial charge in [-0.25, -0.2) is 5.26 Å². The van der Waals surface area contributed by atoms with Crippen molar-refractivity contribution >= 4 is 8.25 Å². The normalized spacial score (nSPS) is 13.8. The fourth-order valence-electron chi connectivity index (χ4n) is 0.157.